The number of hydrogen-bond acceptors (Lipinski definition) is 1. The Morgan fingerprint density at radius 2 is 1.51 bits per heavy atom. The van der Waals surface area contributed by atoms with E-state index in [0.29, 0.717) is 0 Å². The van der Waals surface area contributed by atoms with Gasteiger partial charge in [0.2, 0.25) is 0 Å². The van der Waals surface area contributed by atoms with Crippen molar-refractivity contribution in [2.45, 2.75) is 27.7 Å². The molecular weight excluding hydrogens is 520 g/mol. The number of benzene rings is 5. The predicted octanol–water partition coefficient (Wildman–Crippen LogP) is 11.5. The molecule has 7 rings (SSSR count). The largest absolute Gasteiger partial charge is 0.292 e. The summed E-state index contributed by atoms with van der Waals surface area (Å²) in [4.78, 5) is 5.09. The van der Waals surface area contributed by atoms with Gasteiger partial charge in [-0.15, -0.1) is 0 Å². The van der Waals surface area contributed by atoms with Crippen LogP contribution in [-0.4, -0.2) is 9.38 Å². The number of aromatic nitrogens is 2. The van der Waals surface area contributed by atoms with E-state index in [2.05, 4.69) is 147 Å². The first-order chi connectivity index (χ1) is 21.0. The third-order valence-electron chi connectivity index (χ3n) is 8.19. The van der Waals surface area contributed by atoms with Crippen molar-refractivity contribution >= 4 is 60.8 Å². The molecule has 210 valence electrons. The maximum Gasteiger partial charge on any atom is 0.146 e. The van der Waals surface area contributed by atoms with Crippen LogP contribution in [0.5, 0.6) is 0 Å². The molecule has 0 saturated heterocycles. The van der Waals surface area contributed by atoms with E-state index in [1.165, 1.54) is 32.7 Å². The highest BCUT2D eigenvalue weighted by molar-refractivity contribution is 6.24. The van der Waals surface area contributed by atoms with Gasteiger partial charge in [-0.05, 0) is 94.4 Å². The predicted molar refractivity (Wildman–Crippen MR) is 189 cm³/mol. The zero-order valence-corrected chi connectivity index (χ0v) is 25.4. The van der Waals surface area contributed by atoms with Crippen molar-refractivity contribution in [1.29, 1.82) is 0 Å². The van der Waals surface area contributed by atoms with Gasteiger partial charge in [-0.1, -0.05) is 112 Å². The Hall–Kier alpha value is -5.21. The van der Waals surface area contributed by atoms with Crippen LogP contribution in [0.1, 0.15) is 37.5 Å². The maximum absolute atomic E-state index is 5.09. The van der Waals surface area contributed by atoms with Crippen molar-refractivity contribution in [2.24, 2.45) is 0 Å². The molecular formula is C41H36N2. The highest BCUT2D eigenvalue weighted by Gasteiger charge is 2.16. The minimum atomic E-state index is 0.967. The van der Waals surface area contributed by atoms with Crippen LogP contribution >= 0.6 is 0 Å². The highest BCUT2D eigenvalue weighted by Crippen LogP contribution is 2.38. The first-order valence-corrected chi connectivity index (χ1v) is 15.0. The molecule has 0 radical (unpaired) electrons. The number of aryl methyl sites for hydroxylation is 1. The van der Waals surface area contributed by atoms with Gasteiger partial charge in [0.15, 0.2) is 0 Å². The minimum Gasteiger partial charge on any atom is -0.292 e. The van der Waals surface area contributed by atoms with E-state index in [0.717, 1.165) is 49.9 Å². The molecule has 0 aliphatic rings. The summed E-state index contributed by atoms with van der Waals surface area (Å²) < 4.78 is 2.30. The van der Waals surface area contributed by atoms with E-state index in [4.69, 9.17) is 4.98 Å². The molecule has 2 aromatic heterocycles. The smallest absolute Gasteiger partial charge is 0.146 e. The molecule has 2 nitrogen and oxygen atoms in total. The molecule has 0 N–H and O–H groups in total. The van der Waals surface area contributed by atoms with Crippen LogP contribution in [0.25, 0.3) is 60.8 Å². The van der Waals surface area contributed by atoms with Crippen LogP contribution in [0, 0.1) is 6.92 Å². The first-order valence-electron chi connectivity index (χ1n) is 15.0. The number of allylic oxidation sites excluding steroid dienone is 5. The molecule has 0 atom stereocenters. The molecule has 2 heterocycles. The monoisotopic (exact) mass is 556 g/mol. The third-order valence-corrected chi connectivity index (χ3v) is 8.19. The molecule has 2 heteroatoms. The molecule has 0 aliphatic carbocycles. The second-order valence-corrected chi connectivity index (χ2v) is 10.7. The Labute approximate surface area is 253 Å². The fourth-order valence-corrected chi connectivity index (χ4v) is 5.95. The number of imidazole rings is 1. The third kappa shape index (κ3) is 4.85. The van der Waals surface area contributed by atoms with Gasteiger partial charge >= 0.3 is 0 Å². The lowest BCUT2D eigenvalue weighted by atomic mass is 9.94. The molecule has 5 aromatic carbocycles. The normalized spacial score (nSPS) is 12.2. The molecule has 0 spiro atoms. The Morgan fingerprint density at radius 1 is 0.767 bits per heavy atom. The average molecular weight is 557 g/mol. The summed E-state index contributed by atoms with van der Waals surface area (Å²) in [5.41, 5.74) is 10.9. The quantitative estimate of drug-likeness (QED) is 0.152. The Bertz CT molecular complexity index is 2260. The lowest BCUT2D eigenvalue weighted by Crippen LogP contribution is -1.94. The number of hydrogen-bond donors (Lipinski definition) is 0. The first kappa shape index (κ1) is 27.9. The van der Waals surface area contributed by atoms with Gasteiger partial charge in [-0.25, -0.2) is 4.98 Å². The van der Waals surface area contributed by atoms with Crippen LogP contribution in [0.4, 0.5) is 0 Å². The summed E-state index contributed by atoms with van der Waals surface area (Å²) in [6.07, 6.45) is 6.28. The van der Waals surface area contributed by atoms with Gasteiger partial charge in [-0.3, -0.25) is 4.40 Å². The van der Waals surface area contributed by atoms with E-state index in [1.54, 1.807) is 0 Å². The molecule has 0 bridgehead atoms. The summed E-state index contributed by atoms with van der Waals surface area (Å²) in [6, 6.07) is 36.5. The van der Waals surface area contributed by atoms with E-state index in [-0.39, 0.29) is 0 Å². The van der Waals surface area contributed by atoms with Crippen LogP contribution in [-0.2, 0) is 0 Å². The van der Waals surface area contributed by atoms with Crippen molar-refractivity contribution in [3.63, 3.8) is 0 Å². The number of nitrogens with zero attached hydrogens (tertiary/aromatic N) is 2. The number of pyridine rings is 1. The molecule has 0 saturated carbocycles. The standard InChI is InChI=1S/C39H30N2.C2H6/c1-5-28(22-26(3)27(4)23-30-14-7-6-12-25(30)2)31-19-21-36-34(24-31)38-32-15-9-8-13-29(32)18-20-33(38)39-40-35-16-10-11-17-37(35)41(36)39;1-2/h5-24H,1,3H2,2,4H3;1-2H3/b27-23+,28-22+;. The summed E-state index contributed by atoms with van der Waals surface area (Å²) in [5.74, 6) is 0. The van der Waals surface area contributed by atoms with Crippen molar-refractivity contribution in [1.82, 2.24) is 9.38 Å². The number of rotatable bonds is 5. The van der Waals surface area contributed by atoms with Crippen molar-refractivity contribution in [3.8, 4) is 0 Å². The maximum atomic E-state index is 5.09. The molecule has 0 unspecified atom stereocenters. The van der Waals surface area contributed by atoms with E-state index in [1.807, 2.05) is 19.9 Å². The average Bonchev–Trinajstić information content (AvgIpc) is 3.45. The second-order valence-electron chi connectivity index (χ2n) is 10.7. The van der Waals surface area contributed by atoms with Crippen molar-refractivity contribution in [3.05, 3.63) is 156 Å². The summed E-state index contributed by atoms with van der Waals surface area (Å²) in [5, 5.41) is 6.01. The fraction of sp³-hybridized carbons (Fsp3) is 0.0976. The Kier molecular flexibility index (Phi) is 7.52. The summed E-state index contributed by atoms with van der Waals surface area (Å²) >= 11 is 0. The zero-order chi connectivity index (χ0) is 30.1. The van der Waals surface area contributed by atoms with E-state index < -0.39 is 0 Å². The Morgan fingerprint density at radius 3 is 2.33 bits per heavy atom. The highest BCUT2D eigenvalue weighted by atomic mass is 15.0. The van der Waals surface area contributed by atoms with Gasteiger partial charge < -0.3 is 0 Å². The Balaban J connectivity index is 0.00000161. The van der Waals surface area contributed by atoms with Crippen molar-refractivity contribution < 1.29 is 0 Å². The SMILES string of the molecule is C=C/C(=C\C(=C)/C(C)=C/c1ccccc1C)c1ccc2c(c1)c1c3ccccc3ccc1c1nc3ccccc3n21.CC. The van der Waals surface area contributed by atoms with Crippen LogP contribution in [0.15, 0.2) is 140 Å². The van der Waals surface area contributed by atoms with E-state index >= 15 is 0 Å². The number of fused-ring (bicyclic) bond motifs is 10. The lowest BCUT2D eigenvalue weighted by Gasteiger charge is -2.14. The lowest BCUT2D eigenvalue weighted by molar-refractivity contribution is 1.31. The van der Waals surface area contributed by atoms with E-state index in [9.17, 15) is 0 Å². The van der Waals surface area contributed by atoms with Gasteiger partial charge in [0, 0.05) is 16.2 Å². The summed E-state index contributed by atoms with van der Waals surface area (Å²) in [7, 11) is 0. The molecule has 0 amide bonds. The molecule has 7 aromatic rings. The van der Waals surface area contributed by atoms with Gasteiger partial charge in [0.05, 0.1) is 16.6 Å². The molecule has 0 aliphatic heterocycles. The number of para-hydroxylation sites is 2. The minimum absolute atomic E-state index is 0.967. The molecule has 0 fully saturated rings. The fourth-order valence-electron chi connectivity index (χ4n) is 5.95. The van der Waals surface area contributed by atoms with Crippen LogP contribution in [0.3, 0.4) is 0 Å². The zero-order valence-electron chi connectivity index (χ0n) is 25.4. The second kappa shape index (κ2) is 11.6. The van der Waals surface area contributed by atoms with Crippen LogP contribution in [0.2, 0.25) is 0 Å². The van der Waals surface area contributed by atoms with Crippen LogP contribution < -0.4 is 0 Å². The van der Waals surface area contributed by atoms with Gasteiger partial charge in [0.25, 0.3) is 0 Å². The topological polar surface area (TPSA) is 17.3 Å². The summed E-state index contributed by atoms with van der Waals surface area (Å²) in [6.45, 7) is 16.8. The van der Waals surface area contributed by atoms with Crippen molar-refractivity contribution in [2.75, 3.05) is 0 Å². The molecule has 43 heavy (non-hydrogen) atoms. The van der Waals surface area contributed by atoms with Gasteiger partial charge in [0.1, 0.15) is 5.65 Å². The van der Waals surface area contributed by atoms with Gasteiger partial charge in [-0.2, -0.15) is 0 Å².